The third-order valence-corrected chi connectivity index (χ3v) is 4.28. The van der Waals surface area contributed by atoms with Crippen LogP contribution in [-0.4, -0.2) is 53.1 Å². The molecule has 0 unspecified atom stereocenters. The van der Waals surface area contributed by atoms with Crippen LogP contribution in [0.4, 0.5) is 0 Å². The van der Waals surface area contributed by atoms with Gasteiger partial charge in [0.25, 0.3) is 0 Å². The molecular formula is C17H26N4. The number of nitrogens with zero attached hydrogens (tertiary/aromatic N) is 4. The molecule has 0 radical (unpaired) electrons. The van der Waals surface area contributed by atoms with Crippen LogP contribution in [0, 0.1) is 0 Å². The minimum absolute atomic E-state index is 0.898. The second-order valence-electron chi connectivity index (χ2n) is 6.31. The van der Waals surface area contributed by atoms with Gasteiger partial charge >= 0.3 is 0 Å². The van der Waals surface area contributed by atoms with Gasteiger partial charge in [-0.25, -0.2) is 4.98 Å². The van der Waals surface area contributed by atoms with Crippen molar-refractivity contribution in [1.29, 1.82) is 0 Å². The van der Waals surface area contributed by atoms with Gasteiger partial charge in [0.2, 0.25) is 0 Å². The van der Waals surface area contributed by atoms with Crippen LogP contribution in [0.3, 0.4) is 0 Å². The molecular weight excluding hydrogens is 260 g/mol. The third-order valence-electron chi connectivity index (χ3n) is 4.28. The van der Waals surface area contributed by atoms with Crippen molar-refractivity contribution < 1.29 is 0 Å². The van der Waals surface area contributed by atoms with Crippen molar-refractivity contribution in [2.24, 2.45) is 0 Å². The molecule has 2 aromatic rings. The first-order valence-corrected chi connectivity index (χ1v) is 8.05. The summed E-state index contributed by atoms with van der Waals surface area (Å²) < 4.78 is 2.41. The quantitative estimate of drug-likeness (QED) is 0.844. The van der Waals surface area contributed by atoms with E-state index in [1.165, 1.54) is 43.7 Å². The number of hydrogen-bond acceptors (Lipinski definition) is 3. The van der Waals surface area contributed by atoms with Gasteiger partial charge in [0.05, 0.1) is 17.6 Å². The summed E-state index contributed by atoms with van der Waals surface area (Å²) in [4.78, 5) is 9.61. The molecule has 0 saturated carbocycles. The van der Waals surface area contributed by atoms with Crippen LogP contribution in [-0.2, 0) is 13.1 Å². The second-order valence-corrected chi connectivity index (χ2v) is 6.31. The molecule has 0 aliphatic carbocycles. The van der Waals surface area contributed by atoms with Crippen LogP contribution in [0.25, 0.3) is 11.0 Å². The number of fused-ring (bicyclic) bond motifs is 1. The molecule has 1 aliphatic heterocycles. The summed E-state index contributed by atoms with van der Waals surface area (Å²) in [6.07, 6.45) is 4.11. The van der Waals surface area contributed by atoms with Gasteiger partial charge in [-0.2, -0.15) is 0 Å². The Bertz CT molecular complexity index is 581. The predicted octanol–water partition coefficient (Wildman–Crippen LogP) is 2.58. The molecule has 114 valence electrons. The smallest absolute Gasteiger partial charge is 0.124 e. The number of benzene rings is 1. The van der Waals surface area contributed by atoms with Crippen LogP contribution in [0.15, 0.2) is 24.3 Å². The number of para-hydroxylation sites is 2. The average Bonchev–Trinajstić information content (AvgIpc) is 2.82. The van der Waals surface area contributed by atoms with Crippen LogP contribution in [0.1, 0.15) is 25.1 Å². The van der Waals surface area contributed by atoms with E-state index in [9.17, 15) is 0 Å². The standard InChI is InChI=1S/C17H26N4/c1-19(2)14-17-18-15-8-4-5-9-16(15)21(17)13-12-20-10-6-3-7-11-20/h4-5,8-9H,3,6-7,10-14H2,1-2H3. The van der Waals surface area contributed by atoms with Gasteiger partial charge in [0.1, 0.15) is 5.82 Å². The molecule has 4 heteroatoms. The van der Waals surface area contributed by atoms with E-state index in [0.717, 1.165) is 25.2 Å². The van der Waals surface area contributed by atoms with Crippen LogP contribution in [0.5, 0.6) is 0 Å². The first-order chi connectivity index (χ1) is 10.2. The van der Waals surface area contributed by atoms with Crippen LogP contribution in [0.2, 0.25) is 0 Å². The SMILES string of the molecule is CN(C)Cc1nc2ccccc2n1CCN1CCCCC1. The van der Waals surface area contributed by atoms with Gasteiger partial charge in [-0.15, -0.1) is 0 Å². The molecule has 1 aliphatic rings. The Morgan fingerprint density at radius 3 is 2.57 bits per heavy atom. The number of imidazole rings is 1. The van der Waals surface area contributed by atoms with Crippen molar-refractivity contribution in [2.45, 2.75) is 32.4 Å². The van der Waals surface area contributed by atoms with Gasteiger partial charge in [-0.1, -0.05) is 18.6 Å². The zero-order valence-corrected chi connectivity index (χ0v) is 13.3. The molecule has 0 amide bonds. The van der Waals surface area contributed by atoms with E-state index in [0.29, 0.717) is 0 Å². The molecule has 1 aromatic carbocycles. The summed E-state index contributed by atoms with van der Waals surface area (Å²) >= 11 is 0. The van der Waals surface area contributed by atoms with Crippen molar-refractivity contribution >= 4 is 11.0 Å². The van der Waals surface area contributed by atoms with E-state index in [1.807, 2.05) is 0 Å². The lowest BCUT2D eigenvalue weighted by atomic mass is 10.1. The molecule has 1 fully saturated rings. The van der Waals surface area contributed by atoms with E-state index >= 15 is 0 Å². The Morgan fingerprint density at radius 2 is 1.81 bits per heavy atom. The fraction of sp³-hybridized carbons (Fsp3) is 0.588. The number of piperidine rings is 1. The maximum atomic E-state index is 4.82. The van der Waals surface area contributed by atoms with Gasteiger partial charge in [-0.05, 0) is 52.2 Å². The lowest BCUT2D eigenvalue weighted by Gasteiger charge is -2.27. The first-order valence-electron chi connectivity index (χ1n) is 8.05. The molecule has 4 nitrogen and oxygen atoms in total. The highest BCUT2D eigenvalue weighted by Gasteiger charge is 2.14. The maximum Gasteiger partial charge on any atom is 0.124 e. The third kappa shape index (κ3) is 3.44. The van der Waals surface area contributed by atoms with E-state index in [4.69, 9.17) is 4.98 Å². The summed E-state index contributed by atoms with van der Waals surface area (Å²) in [6, 6.07) is 8.49. The highest BCUT2D eigenvalue weighted by atomic mass is 15.2. The largest absolute Gasteiger partial charge is 0.326 e. The molecule has 2 heterocycles. The summed E-state index contributed by atoms with van der Waals surface area (Å²) in [7, 11) is 4.21. The zero-order valence-electron chi connectivity index (χ0n) is 13.3. The monoisotopic (exact) mass is 286 g/mol. The molecule has 0 atom stereocenters. The highest BCUT2D eigenvalue weighted by molar-refractivity contribution is 5.75. The lowest BCUT2D eigenvalue weighted by Crippen LogP contribution is -2.33. The molecule has 3 rings (SSSR count). The Kier molecular flexibility index (Phi) is 4.56. The van der Waals surface area contributed by atoms with Gasteiger partial charge in [0, 0.05) is 13.1 Å². The Balaban J connectivity index is 1.80. The molecule has 21 heavy (non-hydrogen) atoms. The molecule has 1 saturated heterocycles. The van der Waals surface area contributed by atoms with Crippen LogP contribution >= 0.6 is 0 Å². The topological polar surface area (TPSA) is 24.3 Å². The van der Waals surface area contributed by atoms with Crippen molar-refractivity contribution in [3.05, 3.63) is 30.1 Å². The van der Waals surface area contributed by atoms with Gasteiger partial charge in [-0.3, -0.25) is 0 Å². The Labute approximate surface area is 127 Å². The minimum atomic E-state index is 0.898. The van der Waals surface area contributed by atoms with Crippen molar-refractivity contribution in [1.82, 2.24) is 19.4 Å². The molecule has 1 aromatic heterocycles. The predicted molar refractivity (Wildman–Crippen MR) is 87.4 cm³/mol. The number of hydrogen-bond donors (Lipinski definition) is 0. The van der Waals surface area contributed by atoms with Gasteiger partial charge in [0.15, 0.2) is 0 Å². The van der Waals surface area contributed by atoms with Gasteiger partial charge < -0.3 is 14.4 Å². The first kappa shape index (κ1) is 14.5. The number of aromatic nitrogens is 2. The fourth-order valence-electron chi connectivity index (χ4n) is 3.20. The zero-order chi connectivity index (χ0) is 14.7. The minimum Gasteiger partial charge on any atom is -0.326 e. The number of rotatable bonds is 5. The van der Waals surface area contributed by atoms with E-state index in [2.05, 4.69) is 52.7 Å². The van der Waals surface area contributed by atoms with E-state index in [1.54, 1.807) is 0 Å². The summed E-state index contributed by atoms with van der Waals surface area (Å²) in [6.45, 7) is 5.60. The average molecular weight is 286 g/mol. The number of likely N-dealkylation sites (tertiary alicyclic amines) is 1. The second kappa shape index (κ2) is 6.58. The Morgan fingerprint density at radius 1 is 1.05 bits per heavy atom. The maximum absolute atomic E-state index is 4.82. The molecule has 0 bridgehead atoms. The normalized spacial score (nSPS) is 16.9. The fourth-order valence-corrected chi connectivity index (χ4v) is 3.20. The van der Waals surface area contributed by atoms with Crippen molar-refractivity contribution in [3.8, 4) is 0 Å². The summed E-state index contributed by atoms with van der Waals surface area (Å²) in [5.41, 5.74) is 2.39. The molecule has 0 spiro atoms. The van der Waals surface area contributed by atoms with Crippen molar-refractivity contribution in [2.75, 3.05) is 33.7 Å². The molecule has 0 N–H and O–H groups in total. The lowest BCUT2D eigenvalue weighted by molar-refractivity contribution is 0.220. The Hall–Kier alpha value is -1.39. The van der Waals surface area contributed by atoms with Crippen molar-refractivity contribution in [3.63, 3.8) is 0 Å². The van der Waals surface area contributed by atoms with E-state index < -0.39 is 0 Å². The van der Waals surface area contributed by atoms with Crippen LogP contribution < -0.4 is 0 Å². The highest BCUT2D eigenvalue weighted by Crippen LogP contribution is 2.17. The van der Waals surface area contributed by atoms with E-state index in [-0.39, 0.29) is 0 Å². The summed E-state index contributed by atoms with van der Waals surface area (Å²) in [5, 5.41) is 0. The summed E-state index contributed by atoms with van der Waals surface area (Å²) in [5.74, 6) is 1.18.